The van der Waals surface area contributed by atoms with Crippen LogP contribution in [-0.2, 0) is 0 Å². The Kier molecular flexibility index (Phi) is 5.68. The molecule has 0 radical (unpaired) electrons. The van der Waals surface area contributed by atoms with Crippen LogP contribution in [-0.4, -0.2) is 30.5 Å². The van der Waals surface area contributed by atoms with Crippen molar-refractivity contribution >= 4 is 17.5 Å². The van der Waals surface area contributed by atoms with Gasteiger partial charge < -0.3 is 15.4 Å². The van der Waals surface area contributed by atoms with E-state index in [0.717, 1.165) is 6.42 Å². The van der Waals surface area contributed by atoms with E-state index < -0.39 is 0 Å². The minimum Gasteiger partial charge on any atom is -0.497 e. The highest BCUT2D eigenvalue weighted by molar-refractivity contribution is 6.04. The Morgan fingerprint density at radius 2 is 1.87 bits per heavy atom. The van der Waals surface area contributed by atoms with Crippen molar-refractivity contribution in [3.05, 3.63) is 53.9 Å². The second-order valence-corrected chi connectivity index (χ2v) is 4.87. The van der Waals surface area contributed by atoms with Gasteiger partial charge in [0.15, 0.2) is 0 Å². The summed E-state index contributed by atoms with van der Waals surface area (Å²) in [4.78, 5) is 28.2. The van der Waals surface area contributed by atoms with Crippen LogP contribution in [0.3, 0.4) is 0 Å². The minimum atomic E-state index is -0.375. The van der Waals surface area contributed by atoms with Crippen LogP contribution in [0.15, 0.2) is 42.6 Å². The summed E-state index contributed by atoms with van der Waals surface area (Å²) in [5, 5.41) is 5.49. The summed E-state index contributed by atoms with van der Waals surface area (Å²) >= 11 is 0. The molecule has 6 nitrogen and oxygen atoms in total. The molecule has 2 rings (SSSR count). The minimum absolute atomic E-state index is 0.185. The molecule has 23 heavy (non-hydrogen) atoms. The normalized spacial score (nSPS) is 10.0. The number of carbonyl (C=O) groups excluding carboxylic acids is 2. The van der Waals surface area contributed by atoms with Crippen molar-refractivity contribution < 1.29 is 14.3 Å². The standard InChI is InChI=1S/C17H19N3O3/c1-3-9-19-16(21)12-8-10-18-15(11-12)17(22)20-13-4-6-14(23-2)7-5-13/h4-8,10-11H,3,9H2,1-2H3,(H,19,21)(H,20,22). The Balaban J connectivity index is 2.08. The van der Waals surface area contributed by atoms with Gasteiger partial charge in [0.05, 0.1) is 7.11 Å². The van der Waals surface area contributed by atoms with Gasteiger partial charge in [-0.15, -0.1) is 0 Å². The Morgan fingerprint density at radius 1 is 1.13 bits per heavy atom. The molecule has 0 fully saturated rings. The van der Waals surface area contributed by atoms with Crippen LogP contribution < -0.4 is 15.4 Å². The molecule has 1 heterocycles. The number of aromatic nitrogens is 1. The van der Waals surface area contributed by atoms with Crippen LogP contribution in [0.4, 0.5) is 5.69 Å². The van der Waals surface area contributed by atoms with Crippen molar-refractivity contribution in [2.24, 2.45) is 0 Å². The average molecular weight is 313 g/mol. The molecule has 0 spiro atoms. The van der Waals surface area contributed by atoms with Gasteiger partial charge in [0, 0.05) is 24.0 Å². The number of nitrogens with zero attached hydrogens (tertiary/aromatic N) is 1. The van der Waals surface area contributed by atoms with Gasteiger partial charge in [-0.1, -0.05) is 6.92 Å². The molecular formula is C17H19N3O3. The van der Waals surface area contributed by atoms with Gasteiger partial charge in [-0.3, -0.25) is 14.6 Å². The van der Waals surface area contributed by atoms with Crippen molar-refractivity contribution in [3.8, 4) is 5.75 Å². The van der Waals surface area contributed by atoms with Crippen molar-refractivity contribution in [1.29, 1.82) is 0 Å². The first-order valence-electron chi connectivity index (χ1n) is 7.33. The van der Waals surface area contributed by atoms with E-state index in [1.165, 1.54) is 12.3 Å². The number of hydrogen-bond acceptors (Lipinski definition) is 4. The van der Waals surface area contributed by atoms with Crippen LogP contribution in [0.25, 0.3) is 0 Å². The smallest absolute Gasteiger partial charge is 0.274 e. The molecule has 2 aromatic rings. The summed E-state index contributed by atoms with van der Waals surface area (Å²) in [5.74, 6) is 0.115. The molecule has 0 bridgehead atoms. The lowest BCUT2D eigenvalue weighted by Gasteiger charge is -2.07. The number of benzene rings is 1. The SMILES string of the molecule is CCCNC(=O)c1ccnc(C(=O)Nc2ccc(OC)cc2)c1. The molecule has 0 aliphatic rings. The largest absolute Gasteiger partial charge is 0.497 e. The number of methoxy groups -OCH3 is 1. The maximum atomic E-state index is 12.2. The molecule has 0 atom stereocenters. The van der Waals surface area contributed by atoms with Gasteiger partial charge in [-0.05, 0) is 42.8 Å². The molecule has 2 N–H and O–H groups in total. The summed E-state index contributed by atoms with van der Waals surface area (Å²) in [7, 11) is 1.58. The zero-order valence-corrected chi connectivity index (χ0v) is 13.1. The number of rotatable bonds is 6. The van der Waals surface area contributed by atoms with Gasteiger partial charge in [0.25, 0.3) is 11.8 Å². The van der Waals surface area contributed by atoms with E-state index in [1.54, 1.807) is 37.4 Å². The number of pyridine rings is 1. The molecule has 0 saturated carbocycles. The molecular weight excluding hydrogens is 294 g/mol. The zero-order chi connectivity index (χ0) is 16.7. The van der Waals surface area contributed by atoms with E-state index in [-0.39, 0.29) is 17.5 Å². The maximum Gasteiger partial charge on any atom is 0.274 e. The van der Waals surface area contributed by atoms with E-state index in [2.05, 4.69) is 15.6 Å². The zero-order valence-electron chi connectivity index (χ0n) is 13.1. The molecule has 0 unspecified atom stereocenters. The van der Waals surface area contributed by atoms with Crippen LogP contribution in [0.2, 0.25) is 0 Å². The predicted molar refractivity (Wildman–Crippen MR) is 87.8 cm³/mol. The monoisotopic (exact) mass is 313 g/mol. The van der Waals surface area contributed by atoms with Crippen LogP contribution in [0.1, 0.15) is 34.2 Å². The number of ether oxygens (including phenoxy) is 1. The van der Waals surface area contributed by atoms with Crippen molar-refractivity contribution in [1.82, 2.24) is 10.3 Å². The predicted octanol–water partition coefficient (Wildman–Crippen LogP) is 2.48. The molecule has 0 saturated heterocycles. The lowest BCUT2D eigenvalue weighted by molar-refractivity contribution is 0.0953. The summed E-state index contributed by atoms with van der Waals surface area (Å²) in [6.45, 7) is 2.56. The van der Waals surface area contributed by atoms with Crippen LogP contribution in [0.5, 0.6) is 5.75 Å². The highest BCUT2D eigenvalue weighted by Crippen LogP contribution is 2.15. The fraction of sp³-hybridized carbons (Fsp3) is 0.235. The lowest BCUT2D eigenvalue weighted by Crippen LogP contribution is -2.24. The quantitative estimate of drug-likeness (QED) is 0.858. The van der Waals surface area contributed by atoms with Crippen LogP contribution in [0, 0.1) is 0 Å². The number of nitrogens with one attached hydrogen (secondary N) is 2. The molecule has 2 amide bonds. The second-order valence-electron chi connectivity index (χ2n) is 4.87. The average Bonchev–Trinajstić information content (AvgIpc) is 2.60. The first kappa shape index (κ1) is 16.5. The molecule has 6 heteroatoms. The third-order valence-corrected chi connectivity index (χ3v) is 3.14. The highest BCUT2D eigenvalue weighted by atomic mass is 16.5. The summed E-state index contributed by atoms with van der Waals surface area (Å²) in [6.07, 6.45) is 2.30. The van der Waals surface area contributed by atoms with Gasteiger partial charge in [0.1, 0.15) is 11.4 Å². The van der Waals surface area contributed by atoms with Gasteiger partial charge in [-0.2, -0.15) is 0 Å². The number of carbonyl (C=O) groups is 2. The lowest BCUT2D eigenvalue weighted by atomic mass is 10.2. The van der Waals surface area contributed by atoms with E-state index in [1.807, 2.05) is 6.92 Å². The molecule has 0 aliphatic heterocycles. The summed E-state index contributed by atoms with van der Waals surface area (Å²) < 4.78 is 5.06. The fourth-order valence-electron chi connectivity index (χ4n) is 1.91. The third-order valence-electron chi connectivity index (χ3n) is 3.14. The van der Waals surface area contributed by atoms with E-state index in [0.29, 0.717) is 23.5 Å². The Bertz CT molecular complexity index is 684. The fourth-order valence-corrected chi connectivity index (χ4v) is 1.91. The number of hydrogen-bond donors (Lipinski definition) is 2. The van der Waals surface area contributed by atoms with Crippen molar-refractivity contribution in [3.63, 3.8) is 0 Å². The molecule has 120 valence electrons. The molecule has 1 aromatic carbocycles. The topological polar surface area (TPSA) is 80.3 Å². The Labute approximate surface area is 134 Å². The van der Waals surface area contributed by atoms with Gasteiger partial charge >= 0.3 is 0 Å². The van der Waals surface area contributed by atoms with E-state index in [9.17, 15) is 9.59 Å². The second kappa shape index (κ2) is 7.93. The van der Waals surface area contributed by atoms with Gasteiger partial charge in [-0.25, -0.2) is 0 Å². The van der Waals surface area contributed by atoms with Crippen molar-refractivity contribution in [2.45, 2.75) is 13.3 Å². The molecule has 1 aromatic heterocycles. The van der Waals surface area contributed by atoms with Gasteiger partial charge in [0.2, 0.25) is 0 Å². The van der Waals surface area contributed by atoms with E-state index >= 15 is 0 Å². The highest BCUT2D eigenvalue weighted by Gasteiger charge is 2.12. The number of anilines is 1. The maximum absolute atomic E-state index is 12.2. The third kappa shape index (κ3) is 4.54. The number of amides is 2. The summed E-state index contributed by atoms with van der Waals surface area (Å²) in [6, 6.07) is 10.0. The first-order chi connectivity index (χ1) is 11.1. The van der Waals surface area contributed by atoms with Crippen LogP contribution >= 0.6 is 0 Å². The van der Waals surface area contributed by atoms with E-state index in [4.69, 9.17) is 4.74 Å². The first-order valence-corrected chi connectivity index (χ1v) is 7.33. The molecule has 0 aliphatic carbocycles. The summed E-state index contributed by atoms with van der Waals surface area (Å²) in [5.41, 5.74) is 1.22. The van der Waals surface area contributed by atoms with Crippen molar-refractivity contribution in [2.75, 3.05) is 19.0 Å². The Morgan fingerprint density at radius 3 is 2.52 bits per heavy atom. The Hall–Kier alpha value is -2.89.